The summed E-state index contributed by atoms with van der Waals surface area (Å²) in [6, 6.07) is 5.33. The molecule has 9 heteroatoms. The highest BCUT2D eigenvalue weighted by Gasteiger charge is 2.36. The summed E-state index contributed by atoms with van der Waals surface area (Å²) in [7, 11) is 0. The summed E-state index contributed by atoms with van der Waals surface area (Å²) in [5.41, 5.74) is 6.34. The lowest BCUT2D eigenvalue weighted by molar-refractivity contribution is -0.143. The molecule has 9 nitrogen and oxygen atoms in total. The molecule has 1 aromatic carbocycles. The molecule has 1 aromatic rings. The number of carbonyl (C=O) groups is 4. The van der Waals surface area contributed by atoms with Gasteiger partial charge in [0.1, 0.15) is 17.7 Å². The molecule has 0 aliphatic rings. The van der Waals surface area contributed by atoms with Crippen molar-refractivity contribution in [2.75, 3.05) is 13.1 Å². The van der Waals surface area contributed by atoms with Gasteiger partial charge in [-0.1, -0.05) is 51.5 Å². The molecule has 0 radical (unpaired) electrons. The average Bonchev–Trinajstić information content (AvgIpc) is 2.77. The van der Waals surface area contributed by atoms with Crippen LogP contribution in [-0.4, -0.2) is 53.4 Å². The Morgan fingerprint density at radius 3 is 2.14 bits per heavy atom. The molecule has 0 spiro atoms. The van der Waals surface area contributed by atoms with Crippen LogP contribution in [0.4, 0.5) is 4.79 Å². The van der Waals surface area contributed by atoms with Crippen LogP contribution < -0.4 is 16.4 Å². The van der Waals surface area contributed by atoms with Gasteiger partial charge < -0.3 is 26.0 Å². The van der Waals surface area contributed by atoms with Gasteiger partial charge in [0.15, 0.2) is 0 Å². The molecule has 0 fully saturated rings. The van der Waals surface area contributed by atoms with Crippen LogP contribution in [0.5, 0.6) is 0 Å². The fourth-order valence-electron chi connectivity index (χ4n) is 3.55. The fraction of sp³-hybridized carbons (Fsp3) is 0.615. The zero-order chi connectivity index (χ0) is 26.6. The van der Waals surface area contributed by atoms with E-state index in [2.05, 4.69) is 10.6 Å². The molecule has 0 saturated carbocycles. The Bertz CT molecular complexity index is 848. The molecule has 35 heavy (non-hydrogen) atoms. The van der Waals surface area contributed by atoms with E-state index in [0.717, 1.165) is 24.8 Å². The molecule has 2 atom stereocenters. The highest BCUT2D eigenvalue weighted by molar-refractivity contribution is 5.94. The van der Waals surface area contributed by atoms with Crippen LogP contribution in [0.3, 0.4) is 0 Å². The van der Waals surface area contributed by atoms with Gasteiger partial charge in [-0.25, -0.2) is 4.79 Å². The first-order valence-corrected chi connectivity index (χ1v) is 12.4. The van der Waals surface area contributed by atoms with E-state index < -0.39 is 42.0 Å². The summed E-state index contributed by atoms with van der Waals surface area (Å²) >= 11 is 0. The number of hydrogen-bond acceptors (Lipinski definition) is 5. The van der Waals surface area contributed by atoms with E-state index in [0.29, 0.717) is 18.5 Å². The number of hydrogen-bond donors (Lipinski definition) is 3. The van der Waals surface area contributed by atoms with Gasteiger partial charge in [0.2, 0.25) is 17.7 Å². The molecule has 0 aliphatic heterocycles. The molecule has 0 aliphatic carbocycles. The number of carbonyl (C=O) groups excluding carboxylic acids is 4. The summed E-state index contributed by atoms with van der Waals surface area (Å²) in [5, 5.41) is 5.39. The Balaban J connectivity index is 3.38. The topological polar surface area (TPSA) is 131 Å². The van der Waals surface area contributed by atoms with Gasteiger partial charge in [-0.15, -0.1) is 0 Å². The van der Waals surface area contributed by atoms with Gasteiger partial charge in [0, 0.05) is 13.1 Å². The molecule has 1 rings (SSSR count). The minimum absolute atomic E-state index is 0.242. The van der Waals surface area contributed by atoms with Gasteiger partial charge in [-0.2, -0.15) is 0 Å². The van der Waals surface area contributed by atoms with Gasteiger partial charge in [-0.3, -0.25) is 14.4 Å². The van der Waals surface area contributed by atoms with Crippen LogP contribution in [0.15, 0.2) is 24.3 Å². The van der Waals surface area contributed by atoms with E-state index in [9.17, 15) is 19.2 Å². The zero-order valence-electron chi connectivity index (χ0n) is 22.0. The zero-order valence-corrected chi connectivity index (χ0v) is 22.0. The number of nitrogens with one attached hydrogen (secondary N) is 2. The van der Waals surface area contributed by atoms with E-state index in [1.165, 1.54) is 4.90 Å². The highest BCUT2D eigenvalue weighted by atomic mass is 16.6. The third-order valence-electron chi connectivity index (χ3n) is 5.24. The highest BCUT2D eigenvalue weighted by Crippen LogP contribution is 2.24. The van der Waals surface area contributed by atoms with Crippen LogP contribution in [0, 0.1) is 0 Å². The number of rotatable bonds is 13. The number of aryl methyl sites for hydroxylation is 1. The lowest BCUT2D eigenvalue weighted by Gasteiger charge is -2.34. The van der Waals surface area contributed by atoms with Gasteiger partial charge in [0.05, 0.1) is 6.42 Å². The molecule has 196 valence electrons. The number of benzene rings is 1. The lowest BCUT2D eigenvalue weighted by Crippen LogP contribution is -2.54. The summed E-state index contributed by atoms with van der Waals surface area (Å²) in [6.45, 7) is 11.7. The number of alkyl carbamates (subject to hydrolysis) is 1. The molecule has 2 unspecified atom stereocenters. The summed E-state index contributed by atoms with van der Waals surface area (Å²) in [4.78, 5) is 52.6. The second-order valence-electron chi connectivity index (χ2n) is 9.54. The summed E-state index contributed by atoms with van der Waals surface area (Å²) < 4.78 is 5.27. The summed E-state index contributed by atoms with van der Waals surface area (Å²) in [6.07, 6.45) is 1.86. The number of nitrogens with two attached hydrogens (primary N) is 1. The quantitative estimate of drug-likeness (QED) is 0.366. The van der Waals surface area contributed by atoms with Crippen molar-refractivity contribution in [1.29, 1.82) is 0 Å². The first-order valence-electron chi connectivity index (χ1n) is 12.4. The number of amides is 4. The number of ether oxygens (including phenoxy) is 1. The van der Waals surface area contributed by atoms with E-state index in [1.54, 1.807) is 20.8 Å². The van der Waals surface area contributed by atoms with Crippen molar-refractivity contribution in [1.82, 2.24) is 15.5 Å². The van der Waals surface area contributed by atoms with Crippen molar-refractivity contribution >= 4 is 23.8 Å². The molecule has 0 saturated heterocycles. The van der Waals surface area contributed by atoms with E-state index in [1.807, 2.05) is 45.0 Å². The molecular weight excluding hydrogens is 448 g/mol. The Labute approximate surface area is 209 Å². The Kier molecular flexibility index (Phi) is 12.3. The second kappa shape index (κ2) is 14.3. The van der Waals surface area contributed by atoms with Crippen molar-refractivity contribution < 1.29 is 23.9 Å². The van der Waals surface area contributed by atoms with Gasteiger partial charge in [-0.05, 0) is 51.2 Å². The van der Waals surface area contributed by atoms with Crippen molar-refractivity contribution in [2.24, 2.45) is 5.73 Å². The molecule has 0 bridgehead atoms. The van der Waals surface area contributed by atoms with Crippen molar-refractivity contribution in [2.45, 2.75) is 91.3 Å². The lowest BCUT2D eigenvalue weighted by atomic mass is 9.99. The maximum absolute atomic E-state index is 13.7. The normalized spacial score (nSPS) is 12.9. The van der Waals surface area contributed by atoms with Crippen LogP contribution in [0.2, 0.25) is 0 Å². The maximum Gasteiger partial charge on any atom is 0.408 e. The number of unbranched alkanes of at least 4 members (excludes halogenated alkanes) is 1. The number of nitrogens with zero attached hydrogens (tertiary/aromatic N) is 1. The Morgan fingerprint density at radius 1 is 1.03 bits per heavy atom. The maximum atomic E-state index is 13.7. The summed E-state index contributed by atoms with van der Waals surface area (Å²) in [5.74, 6) is -1.65. The van der Waals surface area contributed by atoms with Crippen molar-refractivity contribution in [3.05, 3.63) is 35.4 Å². The molecule has 4 N–H and O–H groups in total. The van der Waals surface area contributed by atoms with Gasteiger partial charge in [0.25, 0.3) is 0 Å². The standard InChI is InChI=1S/C26H42N4O5/c1-7-10-15-28-23(32)22(19-13-11-18(9-3)12-14-19)30(16-8-2)24(33)20(17-21(27)31)29-25(34)35-26(4,5)6/h11-14,20,22H,7-10,15-17H2,1-6H3,(H2,27,31)(H,28,32)(H,29,34). The smallest absolute Gasteiger partial charge is 0.408 e. The molecular formula is C26H42N4O5. The SMILES string of the molecule is CCCCNC(=O)C(c1ccc(CC)cc1)N(CCC)C(=O)C(CC(N)=O)NC(=O)OC(C)(C)C. The second-order valence-corrected chi connectivity index (χ2v) is 9.54. The minimum Gasteiger partial charge on any atom is -0.444 e. The van der Waals surface area contributed by atoms with Crippen molar-refractivity contribution in [3.63, 3.8) is 0 Å². The van der Waals surface area contributed by atoms with E-state index >= 15 is 0 Å². The molecule has 0 heterocycles. The van der Waals surface area contributed by atoms with Crippen LogP contribution >= 0.6 is 0 Å². The van der Waals surface area contributed by atoms with Crippen LogP contribution in [0.25, 0.3) is 0 Å². The average molecular weight is 491 g/mol. The van der Waals surface area contributed by atoms with E-state index in [-0.39, 0.29) is 12.5 Å². The minimum atomic E-state index is -1.27. The van der Waals surface area contributed by atoms with Crippen LogP contribution in [-0.2, 0) is 25.5 Å². The molecule has 4 amide bonds. The van der Waals surface area contributed by atoms with Gasteiger partial charge >= 0.3 is 6.09 Å². The first-order chi connectivity index (χ1) is 16.4. The fourth-order valence-corrected chi connectivity index (χ4v) is 3.55. The first kappa shape index (κ1) is 29.9. The van der Waals surface area contributed by atoms with Crippen molar-refractivity contribution in [3.8, 4) is 0 Å². The third kappa shape index (κ3) is 10.4. The van der Waals surface area contributed by atoms with E-state index in [4.69, 9.17) is 10.5 Å². The monoisotopic (exact) mass is 490 g/mol. The third-order valence-corrected chi connectivity index (χ3v) is 5.24. The Hall–Kier alpha value is -3.10. The number of primary amides is 1. The Morgan fingerprint density at radius 2 is 1.66 bits per heavy atom. The predicted molar refractivity (Wildman–Crippen MR) is 135 cm³/mol. The molecule has 0 aromatic heterocycles. The predicted octanol–water partition coefficient (Wildman–Crippen LogP) is 3.21. The largest absolute Gasteiger partial charge is 0.444 e. The van der Waals surface area contributed by atoms with Crippen LogP contribution in [0.1, 0.15) is 84.4 Å².